The average molecular weight is 327 g/mol. The lowest BCUT2D eigenvalue weighted by Crippen LogP contribution is -2.34. The number of fused-ring (bicyclic) bond motifs is 1. The van der Waals surface area contributed by atoms with Gasteiger partial charge in [-0.3, -0.25) is 0 Å². The molecular weight excluding hydrogens is 303 g/mol. The van der Waals surface area contributed by atoms with Crippen LogP contribution in [0.25, 0.3) is 0 Å². The fourth-order valence-electron chi connectivity index (χ4n) is 4.36. The van der Waals surface area contributed by atoms with Crippen molar-refractivity contribution in [2.45, 2.75) is 57.5 Å². The molecule has 0 spiro atoms. The summed E-state index contributed by atoms with van der Waals surface area (Å²) in [6, 6.07) is 5.69. The molecule has 1 nitrogen and oxygen atoms in total. The van der Waals surface area contributed by atoms with Crippen molar-refractivity contribution in [1.82, 2.24) is 0 Å². The smallest absolute Gasteiger partial charge is 0.0625 e. The van der Waals surface area contributed by atoms with Crippen LogP contribution < -0.4 is 0 Å². The molecule has 0 aromatic heterocycles. The van der Waals surface area contributed by atoms with E-state index >= 15 is 0 Å². The topological polar surface area (TPSA) is 20.2 Å². The maximum atomic E-state index is 10.6. The molecule has 21 heavy (non-hydrogen) atoms. The highest BCUT2D eigenvalue weighted by molar-refractivity contribution is 6.42. The third kappa shape index (κ3) is 3.57. The number of benzene rings is 1. The lowest BCUT2D eigenvalue weighted by Gasteiger charge is -2.40. The zero-order valence-electron chi connectivity index (χ0n) is 12.4. The first-order valence-electron chi connectivity index (χ1n) is 8.26. The van der Waals surface area contributed by atoms with Crippen molar-refractivity contribution >= 4 is 23.2 Å². The molecule has 0 heterocycles. The van der Waals surface area contributed by atoms with Crippen LogP contribution in [0.15, 0.2) is 18.2 Å². The molecule has 2 aliphatic rings. The number of aliphatic hydroxyl groups is 1. The van der Waals surface area contributed by atoms with Crippen molar-refractivity contribution in [3.8, 4) is 0 Å². The summed E-state index contributed by atoms with van der Waals surface area (Å²) in [5, 5.41) is 11.8. The van der Waals surface area contributed by atoms with Gasteiger partial charge in [-0.1, -0.05) is 61.0 Å². The van der Waals surface area contributed by atoms with E-state index in [9.17, 15) is 5.11 Å². The quantitative estimate of drug-likeness (QED) is 0.777. The number of halogens is 2. The highest BCUT2D eigenvalue weighted by Crippen LogP contribution is 2.44. The number of aliphatic hydroxyl groups excluding tert-OH is 1. The molecule has 4 unspecified atom stereocenters. The third-order valence-electron chi connectivity index (χ3n) is 5.59. The molecular formula is C18H24Cl2O. The van der Waals surface area contributed by atoms with Gasteiger partial charge in [0.2, 0.25) is 0 Å². The van der Waals surface area contributed by atoms with Gasteiger partial charge in [-0.15, -0.1) is 0 Å². The summed E-state index contributed by atoms with van der Waals surface area (Å²) in [6.45, 7) is 0. The SMILES string of the molecule is OC(Cc1cccc(Cl)c1Cl)C1CCC2CCCCC2C1. The Bertz CT molecular complexity index is 488. The Balaban J connectivity index is 1.63. The maximum absolute atomic E-state index is 10.6. The standard InChI is InChI=1S/C18H24Cl2O/c19-16-7-3-6-15(18(16)20)11-17(21)14-9-8-12-4-1-2-5-13(12)10-14/h3,6-7,12-14,17,21H,1-2,4-5,8-11H2. The molecule has 0 aliphatic heterocycles. The Morgan fingerprint density at radius 1 is 1.05 bits per heavy atom. The van der Waals surface area contributed by atoms with Crippen LogP contribution in [0.3, 0.4) is 0 Å². The molecule has 1 aromatic carbocycles. The Kier molecular flexibility index (Phi) is 5.14. The van der Waals surface area contributed by atoms with Crippen molar-refractivity contribution in [1.29, 1.82) is 0 Å². The van der Waals surface area contributed by atoms with Crippen LogP contribution in [0.2, 0.25) is 10.0 Å². The second-order valence-electron chi connectivity index (χ2n) is 6.86. The monoisotopic (exact) mass is 326 g/mol. The predicted molar refractivity (Wildman–Crippen MR) is 89.0 cm³/mol. The predicted octanol–water partition coefficient (Wildman–Crippen LogP) is 5.50. The van der Waals surface area contributed by atoms with Crippen LogP contribution in [-0.4, -0.2) is 11.2 Å². The summed E-state index contributed by atoms with van der Waals surface area (Å²) in [6.07, 6.45) is 9.57. The van der Waals surface area contributed by atoms with E-state index < -0.39 is 0 Å². The maximum Gasteiger partial charge on any atom is 0.0625 e. The minimum atomic E-state index is -0.288. The highest BCUT2D eigenvalue weighted by Gasteiger charge is 2.34. The Hall–Kier alpha value is -0.240. The molecule has 3 heteroatoms. The van der Waals surface area contributed by atoms with E-state index in [1.165, 1.54) is 44.9 Å². The van der Waals surface area contributed by atoms with Gasteiger partial charge in [-0.05, 0) is 48.6 Å². The van der Waals surface area contributed by atoms with E-state index in [2.05, 4.69) is 0 Å². The van der Waals surface area contributed by atoms with Gasteiger partial charge in [-0.25, -0.2) is 0 Å². The number of hydrogen-bond acceptors (Lipinski definition) is 1. The van der Waals surface area contributed by atoms with Gasteiger partial charge in [0.25, 0.3) is 0 Å². The van der Waals surface area contributed by atoms with Gasteiger partial charge in [0.05, 0.1) is 16.1 Å². The fraction of sp³-hybridized carbons (Fsp3) is 0.667. The van der Waals surface area contributed by atoms with Crippen molar-refractivity contribution in [3.63, 3.8) is 0 Å². The van der Waals surface area contributed by atoms with E-state index in [0.717, 1.165) is 17.4 Å². The normalized spacial score (nSPS) is 30.7. The van der Waals surface area contributed by atoms with Gasteiger partial charge < -0.3 is 5.11 Å². The summed E-state index contributed by atoms with van der Waals surface area (Å²) in [5.74, 6) is 2.21. The van der Waals surface area contributed by atoms with Crippen molar-refractivity contribution in [2.75, 3.05) is 0 Å². The number of rotatable bonds is 3. The van der Waals surface area contributed by atoms with E-state index in [0.29, 0.717) is 22.4 Å². The first kappa shape index (κ1) is 15.6. The Morgan fingerprint density at radius 3 is 2.62 bits per heavy atom. The van der Waals surface area contributed by atoms with E-state index in [1.807, 2.05) is 12.1 Å². The molecule has 2 saturated carbocycles. The van der Waals surface area contributed by atoms with Crippen molar-refractivity contribution in [2.24, 2.45) is 17.8 Å². The largest absolute Gasteiger partial charge is 0.392 e. The van der Waals surface area contributed by atoms with Crippen LogP contribution in [-0.2, 0) is 6.42 Å². The molecule has 1 N–H and O–H groups in total. The minimum Gasteiger partial charge on any atom is -0.392 e. The molecule has 0 saturated heterocycles. The molecule has 4 atom stereocenters. The summed E-state index contributed by atoms with van der Waals surface area (Å²) < 4.78 is 0. The van der Waals surface area contributed by atoms with Crippen LogP contribution in [0, 0.1) is 17.8 Å². The van der Waals surface area contributed by atoms with E-state index in [-0.39, 0.29) is 6.10 Å². The Labute approximate surface area is 137 Å². The highest BCUT2D eigenvalue weighted by atomic mass is 35.5. The molecule has 2 fully saturated rings. The minimum absolute atomic E-state index is 0.288. The van der Waals surface area contributed by atoms with Gasteiger partial charge in [0, 0.05) is 6.42 Å². The molecule has 0 bridgehead atoms. The van der Waals surface area contributed by atoms with Gasteiger partial charge in [-0.2, -0.15) is 0 Å². The van der Waals surface area contributed by atoms with Gasteiger partial charge in [0.15, 0.2) is 0 Å². The first-order valence-corrected chi connectivity index (χ1v) is 9.01. The Morgan fingerprint density at radius 2 is 1.81 bits per heavy atom. The summed E-state index contributed by atoms with van der Waals surface area (Å²) in [4.78, 5) is 0. The second-order valence-corrected chi connectivity index (χ2v) is 7.65. The second kappa shape index (κ2) is 6.89. The fourth-order valence-corrected chi connectivity index (χ4v) is 4.75. The van der Waals surface area contributed by atoms with Gasteiger partial charge in [0.1, 0.15) is 0 Å². The first-order chi connectivity index (χ1) is 10.1. The van der Waals surface area contributed by atoms with Crippen LogP contribution in [0.1, 0.15) is 50.5 Å². The van der Waals surface area contributed by atoms with Crippen LogP contribution >= 0.6 is 23.2 Å². The molecule has 1 aromatic rings. The van der Waals surface area contributed by atoms with Crippen molar-refractivity contribution < 1.29 is 5.11 Å². The summed E-state index contributed by atoms with van der Waals surface area (Å²) in [7, 11) is 0. The van der Waals surface area contributed by atoms with E-state index in [4.69, 9.17) is 23.2 Å². The lowest BCUT2D eigenvalue weighted by atomic mass is 9.66. The van der Waals surface area contributed by atoms with Crippen LogP contribution in [0.4, 0.5) is 0 Å². The summed E-state index contributed by atoms with van der Waals surface area (Å²) >= 11 is 12.3. The molecule has 3 rings (SSSR count). The lowest BCUT2D eigenvalue weighted by molar-refractivity contribution is 0.0361. The van der Waals surface area contributed by atoms with E-state index in [1.54, 1.807) is 6.07 Å². The molecule has 0 radical (unpaired) electrons. The zero-order chi connectivity index (χ0) is 14.8. The van der Waals surface area contributed by atoms with Gasteiger partial charge >= 0.3 is 0 Å². The third-order valence-corrected chi connectivity index (χ3v) is 6.44. The molecule has 116 valence electrons. The van der Waals surface area contributed by atoms with Crippen molar-refractivity contribution in [3.05, 3.63) is 33.8 Å². The molecule has 0 amide bonds. The molecule has 2 aliphatic carbocycles. The average Bonchev–Trinajstić information content (AvgIpc) is 2.51. The zero-order valence-corrected chi connectivity index (χ0v) is 13.9. The van der Waals surface area contributed by atoms with Crippen LogP contribution in [0.5, 0.6) is 0 Å². The number of hydrogen-bond donors (Lipinski definition) is 1. The summed E-state index contributed by atoms with van der Waals surface area (Å²) in [5.41, 5.74) is 0.974.